The van der Waals surface area contributed by atoms with Crippen LogP contribution in [-0.2, 0) is 15.6 Å². The molecule has 0 spiro atoms. The Kier molecular flexibility index (Phi) is 3.56. The third-order valence-electron chi connectivity index (χ3n) is 2.17. The van der Waals surface area contributed by atoms with Crippen LogP contribution in [0.3, 0.4) is 0 Å². The van der Waals surface area contributed by atoms with Gasteiger partial charge < -0.3 is 4.57 Å². The molecule has 0 amide bonds. The van der Waals surface area contributed by atoms with Crippen LogP contribution in [0, 0.1) is 0 Å². The number of halogens is 2. The predicted octanol–water partition coefficient (Wildman–Crippen LogP) is 2.62. The zero-order chi connectivity index (χ0) is 12.5. The lowest BCUT2D eigenvalue weighted by atomic mass is 10.2. The molecule has 2 rings (SSSR count). The molecule has 0 aliphatic rings. The van der Waals surface area contributed by atoms with Crippen molar-refractivity contribution >= 4 is 35.7 Å². The molecular weight excluding hydrogens is 328 g/mol. The van der Waals surface area contributed by atoms with Crippen LogP contribution in [-0.4, -0.2) is 18.0 Å². The molecule has 7 heteroatoms. The molecule has 1 aromatic heterocycles. The second-order valence-electron chi connectivity index (χ2n) is 3.41. The van der Waals surface area contributed by atoms with E-state index in [9.17, 15) is 8.42 Å². The lowest BCUT2D eigenvalue weighted by molar-refractivity contribution is 0.606. The lowest BCUT2D eigenvalue weighted by Gasteiger charge is -2.04. The molecule has 1 heterocycles. The van der Waals surface area contributed by atoms with Crippen LogP contribution in [0.4, 0.5) is 0 Å². The Morgan fingerprint density at radius 3 is 2.65 bits per heavy atom. The number of nitrogens with zero attached hydrogens (tertiary/aromatic N) is 2. The van der Waals surface area contributed by atoms with Crippen LogP contribution in [0.2, 0.25) is 0 Å². The van der Waals surface area contributed by atoms with Crippen molar-refractivity contribution in [3.63, 3.8) is 0 Å². The summed E-state index contributed by atoms with van der Waals surface area (Å²) in [6.07, 6.45) is 2.84. The van der Waals surface area contributed by atoms with Crippen molar-refractivity contribution in [2.45, 2.75) is 11.6 Å². The monoisotopic (exact) mass is 334 g/mol. The summed E-state index contributed by atoms with van der Waals surface area (Å²) in [6.45, 7) is 0.529. The Bertz CT molecular complexity index is 639. The Morgan fingerprint density at radius 1 is 1.35 bits per heavy atom. The fraction of sp³-hybridized carbons (Fsp3) is 0.100. The Balaban J connectivity index is 2.26. The molecule has 0 unspecified atom stereocenters. The highest BCUT2D eigenvalue weighted by Gasteiger charge is 2.13. The molecule has 17 heavy (non-hydrogen) atoms. The minimum Gasteiger partial charge on any atom is -0.332 e. The first-order chi connectivity index (χ1) is 7.97. The molecule has 1 aromatic carbocycles. The van der Waals surface area contributed by atoms with Gasteiger partial charge in [0.25, 0.3) is 9.05 Å². The topological polar surface area (TPSA) is 52.0 Å². The average molecular weight is 336 g/mol. The minimum absolute atomic E-state index is 0.133. The highest BCUT2D eigenvalue weighted by atomic mass is 79.9. The number of hydrogen-bond acceptors (Lipinski definition) is 3. The molecule has 0 aliphatic carbocycles. The van der Waals surface area contributed by atoms with E-state index in [1.165, 1.54) is 12.5 Å². The van der Waals surface area contributed by atoms with E-state index in [0.717, 1.165) is 10.0 Å². The van der Waals surface area contributed by atoms with E-state index in [-0.39, 0.29) is 5.03 Å². The third kappa shape index (κ3) is 3.08. The first kappa shape index (κ1) is 12.6. The van der Waals surface area contributed by atoms with Crippen LogP contribution < -0.4 is 0 Å². The smallest absolute Gasteiger partial charge is 0.280 e. The van der Waals surface area contributed by atoms with Crippen LogP contribution >= 0.6 is 26.6 Å². The van der Waals surface area contributed by atoms with E-state index in [2.05, 4.69) is 20.9 Å². The van der Waals surface area contributed by atoms with Gasteiger partial charge in [0.2, 0.25) is 0 Å². The maximum absolute atomic E-state index is 11.0. The van der Waals surface area contributed by atoms with Crippen molar-refractivity contribution in [2.75, 3.05) is 0 Å². The van der Waals surface area contributed by atoms with E-state index in [4.69, 9.17) is 10.7 Å². The second-order valence-corrected chi connectivity index (χ2v) is 6.78. The number of hydrogen-bond donors (Lipinski definition) is 0. The van der Waals surface area contributed by atoms with Gasteiger partial charge in [0, 0.05) is 27.9 Å². The minimum atomic E-state index is -3.76. The van der Waals surface area contributed by atoms with Crippen LogP contribution in [0.25, 0.3) is 0 Å². The summed E-state index contributed by atoms with van der Waals surface area (Å²) >= 11 is 3.42. The van der Waals surface area contributed by atoms with E-state index in [0.29, 0.717) is 6.54 Å². The molecule has 0 saturated heterocycles. The number of imidazole rings is 1. The van der Waals surface area contributed by atoms with E-state index in [1.54, 1.807) is 4.57 Å². The summed E-state index contributed by atoms with van der Waals surface area (Å²) < 4.78 is 24.7. The van der Waals surface area contributed by atoms with Gasteiger partial charge in [0.1, 0.15) is 0 Å². The van der Waals surface area contributed by atoms with Crippen molar-refractivity contribution in [3.05, 3.63) is 46.8 Å². The maximum Gasteiger partial charge on any atom is 0.280 e. The van der Waals surface area contributed by atoms with Crippen LogP contribution in [0.15, 0.2) is 46.3 Å². The van der Waals surface area contributed by atoms with E-state index >= 15 is 0 Å². The fourth-order valence-electron chi connectivity index (χ4n) is 1.38. The van der Waals surface area contributed by atoms with Gasteiger partial charge in [-0.2, -0.15) is 0 Å². The highest BCUT2D eigenvalue weighted by molar-refractivity contribution is 9.10. The van der Waals surface area contributed by atoms with Crippen molar-refractivity contribution in [1.29, 1.82) is 0 Å². The summed E-state index contributed by atoms with van der Waals surface area (Å²) in [5.41, 5.74) is 1.03. The molecule has 0 fully saturated rings. The van der Waals surface area contributed by atoms with Crippen molar-refractivity contribution in [3.8, 4) is 0 Å². The van der Waals surface area contributed by atoms with Crippen LogP contribution in [0.5, 0.6) is 0 Å². The highest BCUT2D eigenvalue weighted by Crippen LogP contribution is 2.18. The molecule has 0 N–H and O–H groups in total. The van der Waals surface area contributed by atoms with Crippen molar-refractivity contribution < 1.29 is 8.42 Å². The van der Waals surface area contributed by atoms with E-state index in [1.807, 2.05) is 24.3 Å². The largest absolute Gasteiger partial charge is 0.332 e. The normalized spacial score (nSPS) is 11.6. The molecule has 0 radical (unpaired) electrons. The zero-order valence-corrected chi connectivity index (χ0v) is 11.7. The summed E-state index contributed by atoms with van der Waals surface area (Å²) in [6, 6.07) is 7.69. The molecule has 4 nitrogen and oxygen atoms in total. The Hall–Kier alpha value is -0.850. The molecular formula is C10H8BrClN2O2S. The van der Waals surface area contributed by atoms with Gasteiger partial charge in [-0.05, 0) is 11.6 Å². The fourth-order valence-corrected chi connectivity index (χ4v) is 2.46. The van der Waals surface area contributed by atoms with Gasteiger partial charge in [-0.1, -0.05) is 34.1 Å². The lowest BCUT2D eigenvalue weighted by Crippen LogP contribution is -1.97. The van der Waals surface area contributed by atoms with Gasteiger partial charge in [-0.15, -0.1) is 0 Å². The average Bonchev–Trinajstić information content (AvgIpc) is 2.69. The number of aromatic nitrogens is 2. The summed E-state index contributed by atoms with van der Waals surface area (Å²) in [4.78, 5) is 3.74. The Morgan fingerprint density at radius 2 is 2.06 bits per heavy atom. The molecule has 2 aromatic rings. The molecule has 0 bridgehead atoms. The summed E-state index contributed by atoms with van der Waals surface area (Å²) in [7, 11) is 1.44. The first-order valence-corrected chi connectivity index (χ1v) is 7.77. The maximum atomic E-state index is 11.0. The van der Waals surface area contributed by atoms with Crippen molar-refractivity contribution in [1.82, 2.24) is 9.55 Å². The van der Waals surface area contributed by atoms with Gasteiger partial charge in [0.15, 0.2) is 5.03 Å². The summed E-state index contributed by atoms with van der Waals surface area (Å²) in [5, 5.41) is -0.133. The molecule has 0 aliphatic heterocycles. The van der Waals surface area contributed by atoms with E-state index < -0.39 is 9.05 Å². The van der Waals surface area contributed by atoms with Crippen molar-refractivity contribution in [2.24, 2.45) is 0 Å². The molecule has 0 atom stereocenters. The SMILES string of the molecule is O=S(=O)(Cl)c1cn(Cc2ccccc2Br)cn1. The quantitative estimate of drug-likeness (QED) is 0.810. The van der Waals surface area contributed by atoms with Gasteiger partial charge in [-0.3, -0.25) is 0 Å². The molecule has 0 saturated carbocycles. The Labute approximate surface area is 112 Å². The predicted molar refractivity (Wildman–Crippen MR) is 68.5 cm³/mol. The number of rotatable bonds is 3. The first-order valence-electron chi connectivity index (χ1n) is 4.66. The number of benzene rings is 1. The van der Waals surface area contributed by atoms with Gasteiger partial charge in [0.05, 0.1) is 6.33 Å². The zero-order valence-electron chi connectivity index (χ0n) is 8.55. The van der Waals surface area contributed by atoms with Gasteiger partial charge >= 0.3 is 0 Å². The van der Waals surface area contributed by atoms with Gasteiger partial charge in [-0.25, -0.2) is 13.4 Å². The molecule has 90 valence electrons. The summed E-state index contributed by atoms with van der Waals surface area (Å²) in [5.74, 6) is 0. The van der Waals surface area contributed by atoms with Crippen LogP contribution in [0.1, 0.15) is 5.56 Å². The second kappa shape index (κ2) is 4.80. The third-order valence-corrected chi connectivity index (χ3v) is 4.13. The standard InChI is InChI=1S/C10H8BrClN2O2S/c11-9-4-2-1-3-8(9)5-14-6-10(13-7-14)17(12,15)16/h1-4,6-7H,5H2.